The number of likely N-dealkylation sites (tertiary alicyclic amines) is 1. The van der Waals surface area contributed by atoms with Crippen LogP contribution in [0.1, 0.15) is 30.1 Å². The fourth-order valence-corrected chi connectivity index (χ4v) is 4.38. The molecule has 1 aliphatic carbocycles. The van der Waals surface area contributed by atoms with E-state index in [9.17, 15) is 14.7 Å². The molecule has 164 valence electrons. The summed E-state index contributed by atoms with van der Waals surface area (Å²) in [7, 11) is 0. The fourth-order valence-electron chi connectivity index (χ4n) is 4.38. The van der Waals surface area contributed by atoms with Crippen molar-refractivity contribution in [3.05, 3.63) is 96.6 Å². The Kier molecular flexibility index (Phi) is 6.10. The molecule has 2 amide bonds. The SMILES string of the molecule is C=C1C[C@@H](C(=O)NC2(O)C=CC=CC2CC)N(C(=O)c2ccc(-c3ccccc3)cc2)C1. The van der Waals surface area contributed by atoms with Gasteiger partial charge in [0.2, 0.25) is 5.91 Å². The van der Waals surface area contributed by atoms with Gasteiger partial charge in [-0.1, -0.05) is 79.8 Å². The van der Waals surface area contributed by atoms with Crippen LogP contribution in [0.5, 0.6) is 0 Å². The summed E-state index contributed by atoms with van der Waals surface area (Å²) in [5, 5.41) is 13.8. The molecule has 2 aromatic carbocycles. The Morgan fingerprint density at radius 2 is 1.78 bits per heavy atom. The van der Waals surface area contributed by atoms with Crippen LogP contribution in [0.2, 0.25) is 0 Å². The maximum absolute atomic E-state index is 13.3. The normalized spacial score (nSPS) is 24.6. The van der Waals surface area contributed by atoms with Crippen molar-refractivity contribution in [2.24, 2.45) is 5.92 Å². The van der Waals surface area contributed by atoms with Crippen molar-refractivity contribution >= 4 is 11.8 Å². The fraction of sp³-hybridized carbons (Fsp3) is 0.259. The molecular weight excluding hydrogens is 400 g/mol. The number of aliphatic hydroxyl groups is 1. The van der Waals surface area contributed by atoms with Gasteiger partial charge in [0.05, 0.1) is 0 Å². The molecule has 5 heteroatoms. The molecule has 5 nitrogen and oxygen atoms in total. The number of hydrogen-bond donors (Lipinski definition) is 2. The zero-order valence-electron chi connectivity index (χ0n) is 18.2. The first-order valence-electron chi connectivity index (χ1n) is 10.9. The third-order valence-corrected chi connectivity index (χ3v) is 6.19. The summed E-state index contributed by atoms with van der Waals surface area (Å²) in [4.78, 5) is 28.0. The highest BCUT2D eigenvalue weighted by atomic mass is 16.3. The molecule has 4 rings (SSSR count). The standard InChI is InChI=1S/C27H28N2O3/c1-3-23-11-7-8-16-27(23,32)28-25(30)24-17-19(2)18-29(24)26(31)22-14-12-21(13-15-22)20-9-5-4-6-10-20/h4-16,23-24,32H,2-3,17-18H2,1H3,(H,28,30)/t23?,24-,27?/m0/s1. The van der Waals surface area contributed by atoms with E-state index in [-0.39, 0.29) is 17.7 Å². The molecule has 0 saturated carbocycles. The van der Waals surface area contributed by atoms with E-state index in [1.807, 2.05) is 61.5 Å². The number of nitrogens with one attached hydrogen (secondary N) is 1. The summed E-state index contributed by atoms with van der Waals surface area (Å²) in [5.74, 6) is -0.823. The highest BCUT2D eigenvalue weighted by molar-refractivity contribution is 5.99. The summed E-state index contributed by atoms with van der Waals surface area (Å²) in [5.41, 5.74) is 1.97. The maximum atomic E-state index is 13.3. The number of allylic oxidation sites excluding steroid dienone is 2. The van der Waals surface area contributed by atoms with Gasteiger partial charge in [-0.3, -0.25) is 9.59 Å². The molecule has 2 N–H and O–H groups in total. The molecule has 2 unspecified atom stereocenters. The Morgan fingerprint density at radius 1 is 1.09 bits per heavy atom. The van der Waals surface area contributed by atoms with Crippen LogP contribution in [-0.4, -0.2) is 40.1 Å². The average molecular weight is 429 g/mol. The summed E-state index contributed by atoms with van der Waals surface area (Å²) >= 11 is 0. The average Bonchev–Trinajstić information content (AvgIpc) is 3.21. The van der Waals surface area contributed by atoms with Crippen molar-refractivity contribution in [2.45, 2.75) is 31.5 Å². The van der Waals surface area contributed by atoms with Crippen LogP contribution in [0.3, 0.4) is 0 Å². The molecule has 2 aromatic rings. The first kappa shape index (κ1) is 21.8. The summed E-state index contributed by atoms with van der Waals surface area (Å²) in [6, 6.07) is 16.6. The molecule has 0 bridgehead atoms. The first-order chi connectivity index (χ1) is 15.4. The minimum absolute atomic E-state index is 0.221. The molecule has 2 aliphatic rings. The molecular formula is C27H28N2O3. The van der Waals surface area contributed by atoms with Crippen molar-refractivity contribution in [3.63, 3.8) is 0 Å². The Labute approximate surface area is 188 Å². The van der Waals surface area contributed by atoms with E-state index in [1.54, 1.807) is 29.2 Å². The number of nitrogens with zero attached hydrogens (tertiary/aromatic N) is 1. The van der Waals surface area contributed by atoms with Crippen molar-refractivity contribution < 1.29 is 14.7 Å². The van der Waals surface area contributed by atoms with Crippen LogP contribution in [0, 0.1) is 5.92 Å². The maximum Gasteiger partial charge on any atom is 0.254 e. The molecule has 0 spiro atoms. The lowest BCUT2D eigenvalue weighted by Gasteiger charge is -2.35. The predicted molar refractivity (Wildman–Crippen MR) is 126 cm³/mol. The van der Waals surface area contributed by atoms with Crippen LogP contribution in [0.4, 0.5) is 0 Å². The number of carbonyl (C=O) groups is 2. The molecule has 1 heterocycles. The van der Waals surface area contributed by atoms with Gasteiger partial charge in [0.15, 0.2) is 5.72 Å². The van der Waals surface area contributed by atoms with Crippen LogP contribution in [0.25, 0.3) is 11.1 Å². The van der Waals surface area contributed by atoms with E-state index in [0.29, 0.717) is 24.9 Å². The molecule has 1 aliphatic heterocycles. The lowest BCUT2D eigenvalue weighted by Crippen LogP contribution is -2.57. The highest BCUT2D eigenvalue weighted by Crippen LogP contribution is 2.29. The molecule has 1 fully saturated rings. The van der Waals surface area contributed by atoms with E-state index in [0.717, 1.165) is 16.7 Å². The third-order valence-electron chi connectivity index (χ3n) is 6.19. The van der Waals surface area contributed by atoms with Gasteiger partial charge in [-0.2, -0.15) is 0 Å². The molecule has 1 saturated heterocycles. The summed E-state index contributed by atoms with van der Waals surface area (Å²) in [6.45, 7) is 6.28. The topological polar surface area (TPSA) is 69.6 Å². The second-order valence-electron chi connectivity index (χ2n) is 8.42. The highest BCUT2D eigenvalue weighted by Gasteiger charge is 2.41. The van der Waals surface area contributed by atoms with Crippen molar-refractivity contribution in [1.29, 1.82) is 0 Å². The first-order valence-corrected chi connectivity index (χ1v) is 10.9. The van der Waals surface area contributed by atoms with Gasteiger partial charge in [0.25, 0.3) is 5.91 Å². The lowest BCUT2D eigenvalue weighted by atomic mass is 9.88. The molecule has 0 radical (unpaired) electrons. The van der Waals surface area contributed by atoms with Gasteiger partial charge in [-0.15, -0.1) is 0 Å². The van der Waals surface area contributed by atoms with E-state index in [4.69, 9.17) is 0 Å². The van der Waals surface area contributed by atoms with Crippen LogP contribution < -0.4 is 5.32 Å². The number of amides is 2. The third kappa shape index (κ3) is 4.30. The van der Waals surface area contributed by atoms with Gasteiger partial charge in [0, 0.05) is 18.0 Å². The zero-order chi connectivity index (χ0) is 22.7. The predicted octanol–water partition coefficient (Wildman–Crippen LogP) is 4.08. The molecule has 32 heavy (non-hydrogen) atoms. The second kappa shape index (κ2) is 8.97. The zero-order valence-corrected chi connectivity index (χ0v) is 18.2. The minimum Gasteiger partial charge on any atom is -0.367 e. The van der Waals surface area contributed by atoms with Gasteiger partial charge in [-0.25, -0.2) is 0 Å². The lowest BCUT2D eigenvalue weighted by molar-refractivity contribution is -0.132. The number of benzene rings is 2. The number of hydrogen-bond acceptors (Lipinski definition) is 3. The van der Waals surface area contributed by atoms with E-state index < -0.39 is 11.8 Å². The quantitative estimate of drug-likeness (QED) is 0.557. The van der Waals surface area contributed by atoms with Crippen LogP contribution >= 0.6 is 0 Å². The largest absolute Gasteiger partial charge is 0.367 e. The van der Waals surface area contributed by atoms with Crippen LogP contribution in [0.15, 0.2) is 91.1 Å². The smallest absolute Gasteiger partial charge is 0.254 e. The monoisotopic (exact) mass is 428 g/mol. The van der Waals surface area contributed by atoms with Crippen molar-refractivity contribution in [3.8, 4) is 11.1 Å². The number of carbonyl (C=O) groups excluding carboxylic acids is 2. The van der Waals surface area contributed by atoms with E-state index >= 15 is 0 Å². The van der Waals surface area contributed by atoms with E-state index in [2.05, 4.69) is 11.9 Å². The Morgan fingerprint density at radius 3 is 2.47 bits per heavy atom. The molecule has 3 atom stereocenters. The number of rotatable bonds is 5. The Hall–Kier alpha value is -3.44. The summed E-state index contributed by atoms with van der Waals surface area (Å²) < 4.78 is 0. The Balaban J connectivity index is 1.51. The Bertz CT molecular complexity index is 1070. The van der Waals surface area contributed by atoms with Gasteiger partial charge < -0.3 is 15.3 Å². The van der Waals surface area contributed by atoms with Crippen molar-refractivity contribution in [2.75, 3.05) is 6.54 Å². The van der Waals surface area contributed by atoms with E-state index in [1.165, 1.54) is 0 Å². The van der Waals surface area contributed by atoms with Gasteiger partial charge >= 0.3 is 0 Å². The minimum atomic E-state index is -1.46. The summed E-state index contributed by atoms with van der Waals surface area (Å²) in [6.07, 6.45) is 8.11. The van der Waals surface area contributed by atoms with Crippen molar-refractivity contribution in [1.82, 2.24) is 10.2 Å². The second-order valence-corrected chi connectivity index (χ2v) is 8.42. The molecule has 0 aromatic heterocycles. The van der Waals surface area contributed by atoms with Gasteiger partial charge in [0.1, 0.15) is 6.04 Å². The van der Waals surface area contributed by atoms with Crippen LogP contribution in [-0.2, 0) is 4.79 Å². The van der Waals surface area contributed by atoms with Gasteiger partial charge in [-0.05, 0) is 42.2 Å².